The molecule has 0 aliphatic heterocycles. The standard InChI is InChI=1S/C40H30O6/c1-26(2)38(41)44-34-20-13-30(14-21-34)8-7-29-11-18-33(19-12-29)36-24-17-32(25-37(36)46-40(43)28(5)6)10-9-31-15-22-35(23-16-31)45-39(42)27(3)4/h11-25H,1,3,5H2,2,4,6H3. The maximum Gasteiger partial charge on any atom is 0.338 e. The predicted molar refractivity (Wildman–Crippen MR) is 178 cm³/mol. The molecule has 0 saturated heterocycles. The molecule has 4 aromatic carbocycles. The van der Waals surface area contributed by atoms with Crippen LogP contribution in [0.1, 0.15) is 43.0 Å². The molecule has 0 radical (unpaired) electrons. The molecule has 0 aliphatic rings. The number of carbonyl (C=O) groups excluding carboxylic acids is 3. The quantitative estimate of drug-likeness (QED) is 0.0933. The first-order valence-electron chi connectivity index (χ1n) is 14.1. The van der Waals surface area contributed by atoms with E-state index in [0.717, 1.165) is 16.7 Å². The number of ether oxygens (including phenoxy) is 3. The average Bonchev–Trinajstić information content (AvgIpc) is 3.04. The molecule has 0 bridgehead atoms. The molecule has 0 aliphatic carbocycles. The van der Waals surface area contributed by atoms with Crippen LogP contribution in [0.15, 0.2) is 127 Å². The van der Waals surface area contributed by atoms with Gasteiger partial charge in [0.2, 0.25) is 0 Å². The third-order valence-electron chi connectivity index (χ3n) is 6.26. The van der Waals surface area contributed by atoms with Crippen LogP contribution >= 0.6 is 0 Å². The van der Waals surface area contributed by atoms with E-state index in [0.29, 0.717) is 45.1 Å². The van der Waals surface area contributed by atoms with Gasteiger partial charge in [-0.15, -0.1) is 0 Å². The highest BCUT2D eigenvalue weighted by Crippen LogP contribution is 2.32. The van der Waals surface area contributed by atoms with Crippen molar-refractivity contribution in [3.05, 3.63) is 150 Å². The smallest absolute Gasteiger partial charge is 0.338 e. The molecule has 0 saturated carbocycles. The molecule has 0 heterocycles. The van der Waals surface area contributed by atoms with Crippen LogP contribution in [0.4, 0.5) is 0 Å². The molecule has 0 fully saturated rings. The van der Waals surface area contributed by atoms with Gasteiger partial charge < -0.3 is 14.2 Å². The molecule has 0 unspecified atom stereocenters. The Hall–Kier alpha value is -6.37. The highest BCUT2D eigenvalue weighted by atomic mass is 16.5. The number of carbonyl (C=O) groups is 3. The predicted octanol–water partition coefficient (Wildman–Crippen LogP) is 7.60. The summed E-state index contributed by atoms with van der Waals surface area (Å²) in [5, 5.41) is 0. The van der Waals surface area contributed by atoms with Crippen molar-refractivity contribution in [2.75, 3.05) is 0 Å². The molecular formula is C40H30O6. The lowest BCUT2D eigenvalue weighted by Gasteiger charge is -2.11. The van der Waals surface area contributed by atoms with Crippen molar-refractivity contribution >= 4 is 17.9 Å². The Morgan fingerprint density at radius 1 is 0.478 bits per heavy atom. The van der Waals surface area contributed by atoms with Crippen LogP contribution in [-0.2, 0) is 14.4 Å². The van der Waals surface area contributed by atoms with Gasteiger partial charge in [-0.3, -0.25) is 0 Å². The summed E-state index contributed by atoms with van der Waals surface area (Å²) in [4.78, 5) is 35.9. The summed E-state index contributed by atoms with van der Waals surface area (Å²) < 4.78 is 16.1. The van der Waals surface area contributed by atoms with E-state index in [-0.39, 0.29) is 5.57 Å². The normalized spacial score (nSPS) is 9.80. The number of benzene rings is 4. The van der Waals surface area contributed by atoms with Crippen LogP contribution in [0.25, 0.3) is 11.1 Å². The zero-order chi connectivity index (χ0) is 33.2. The van der Waals surface area contributed by atoms with Crippen molar-refractivity contribution in [2.45, 2.75) is 20.8 Å². The van der Waals surface area contributed by atoms with Gasteiger partial charge in [-0.2, -0.15) is 0 Å². The molecule has 0 spiro atoms. The molecule has 0 atom stereocenters. The maximum atomic E-state index is 12.5. The van der Waals surface area contributed by atoms with Gasteiger partial charge in [-0.1, -0.05) is 55.6 Å². The number of rotatable bonds is 7. The van der Waals surface area contributed by atoms with Gasteiger partial charge >= 0.3 is 17.9 Å². The summed E-state index contributed by atoms with van der Waals surface area (Å²) in [5.41, 5.74) is 5.29. The molecule has 0 aromatic heterocycles. The van der Waals surface area contributed by atoms with Crippen molar-refractivity contribution in [2.24, 2.45) is 0 Å². The van der Waals surface area contributed by atoms with Crippen LogP contribution in [0.5, 0.6) is 17.2 Å². The maximum absolute atomic E-state index is 12.5. The van der Waals surface area contributed by atoms with E-state index in [9.17, 15) is 14.4 Å². The van der Waals surface area contributed by atoms with E-state index < -0.39 is 17.9 Å². The molecule has 4 rings (SSSR count). The summed E-state index contributed by atoms with van der Waals surface area (Å²) in [6, 6.07) is 26.6. The topological polar surface area (TPSA) is 78.9 Å². The summed E-state index contributed by atoms with van der Waals surface area (Å²) in [7, 11) is 0. The fraction of sp³-hybridized carbons (Fsp3) is 0.0750. The Bertz CT molecular complexity index is 1970. The zero-order valence-electron chi connectivity index (χ0n) is 25.7. The van der Waals surface area contributed by atoms with Gasteiger partial charge in [0, 0.05) is 44.5 Å². The highest BCUT2D eigenvalue weighted by molar-refractivity contribution is 5.90. The Morgan fingerprint density at radius 2 is 0.826 bits per heavy atom. The molecule has 6 heteroatoms. The lowest BCUT2D eigenvalue weighted by Crippen LogP contribution is -2.09. The van der Waals surface area contributed by atoms with Crippen LogP contribution in [0, 0.1) is 23.7 Å². The van der Waals surface area contributed by atoms with Crippen molar-refractivity contribution < 1.29 is 28.6 Å². The first-order chi connectivity index (χ1) is 22.0. The third kappa shape index (κ3) is 9.07. The minimum Gasteiger partial charge on any atom is -0.423 e. The van der Waals surface area contributed by atoms with Crippen molar-refractivity contribution in [3.8, 4) is 52.1 Å². The fourth-order valence-electron chi connectivity index (χ4n) is 3.73. The Balaban J connectivity index is 1.53. The second kappa shape index (κ2) is 14.9. The van der Waals surface area contributed by atoms with Crippen molar-refractivity contribution in [1.82, 2.24) is 0 Å². The molecule has 46 heavy (non-hydrogen) atoms. The first kappa shape index (κ1) is 32.5. The largest absolute Gasteiger partial charge is 0.423 e. The SMILES string of the molecule is C=C(C)C(=O)Oc1ccc(C#Cc2ccc(-c3ccc(C#Cc4ccc(OC(=O)C(=C)C)cc4)cc3OC(=O)C(=C)C)cc2)cc1. The van der Waals surface area contributed by atoms with Crippen LogP contribution in [0.3, 0.4) is 0 Å². The average molecular weight is 607 g/mol. The van der Waals surface area contributed by atoms with E-state index >= 15 is 0 Å². The lowest BCUT2D eigenvalue weighted by atomic mass is 10.0. The summed E-state index contributed by atoms with van der Waals surface area (Å²) in [5.74, 6) is 12.0. The van der Waals surface area contributed by atoms with E-state index in [1.807, 2.05) is 36.4 Å². The van der Waals surface area contributed by atoms with Gasteiger partial charge in [0.1, 0.15) is 17.2 Å². The summed E-state index contributed by atoms with van der Waals surface area (Å²) >= 11 is 0. The van der Waals surface area contributed by atoms with Gasteiger partial charge in [0.05, 0.1) is 0 Å². The Morgan fingerprint density at radius 3 is 1.24 bits per heavy atom. The third-order valence-corrected chi connectivity index (χ3v) is 6.26. The molecule has 0 amide bonds. The first-order valence-corrected chi connectivity index (χ1v) is 14.1. The second-order valence-corrected chi connectivity index (χ2v) is 10.3. The van der Waals surface area contributed by atoms with Gasteiger partial charge in [0.25, 0.3) is 0 Å². The Labute approximate surface area is 268 Å². The lowest BCUT2D eigenvalue weighted by molar-refractivity contribution is -0.130. The van der Waals surface area contributed by atoms with E-state index in [1.54, 1.807) is 75.4 Å². The Kier molecular flexibility index (Phi) is 10.5. The van der Waals surface area contributed by atoms with E-state index in [1.165, 1.54) is 0 Å². The molecule has 0 N–H and O–H groups in total. The van der Waals surface area contributed by atoms with Crippen molar-refractivity contribution in [1.29, 1.82) is 0 Å². The minimum atomic E-state index is -0.547. The van der Waals surface area contributed by atoms with Crippen LogP contribution in [0.2, 0.25) is 0 Å². The monoisotopic (exact) mass is 606 g/mol. The highest BCUT2D eigenvalue weighted by Gasteiger charge is 2.13. The minimum absolute atomic E-state index is 0.266. The fourth-order valence-corrected chi connectivity index (χ4v) is 3.73. The van der Waals surface area contributed by atoms with Gasteiger partial charge in [-0.25, -0.2) is 14.4 Å². The molecular weight excluding hydrogens is 576 g/mol. The number of esters is 3. The van der Waals surface area contributed by atoms with E-state index in [4.69, 9.17) is 14.2 Å². The van der Waals surface area contributed by atoms with Gasteiger partial charge in [-0.05, 0) is 105 Å². The molecule has 6 nitrogen and oxygen atoms in total. The number of hydrogen-bond acceptors (Lipinski definition) is 6. The zero-order valence-corrected chi connectivity index (χ0v) is 25.7. The second-order valence-electron chi connectivity index (χ2n) is 10.3. The summed E-state index contributed by atoms with van der Waals surface area (Å²) in [6.07, 6.45) is 0. The van der Waals surface area contributed by atoms with E-state index in [2.05, 4.69) is 43.4 Å². The molecule has 4 aromatic rings. The van der Waals surface area contributed by atoms with Gasteiger partial charge in [0.15, 0.2) is 0 Å². The molecule has 226 valence electrons. The van der Waals surface area contributed by atoms with Crippen LogP contribution in [-0.4, -0.2) is 17.9 Å². The van der Waals surface area contributed by atoms with Crippen LogP contribution < -0.4 is 14.2 Å². The van der Waals surface area contributed by atoms with Crippen molar-refractivity contribution in [3.63, 3.8) is 0 Å². The summed E-state index contributed by atoms with van der Waals surface area (Å²) in [6.45, 7) is 15.6. The number of hydrogen-bond donors (Lipinski definition) is 0.